The topological polar surface area (TPSA) is 140 Å². The summed E-state index contributed by atoms with van der Waals surface area (Å²) < 4.78 is 0. The Balaban J connectivity index is 1.40. The molecule has 10 nitrogen and oxygen atoms in total. The van der Waals surface area contributed by atoms with Gasteiger partial charge in [0.1, 0.15) is 0 Å². The second-order valence-electron chi connectivity index (χ2n) is 9.51. The van der Waals surface area contributed by atoms with Gasteiger partial charge in [0.05, 0.1) is 28.5 Å². The molecule has 5 rings (SSSR count). The van der Waals surface area contributed by atoms with Gasteiger partial charge in [-0.1, -0.05) is 12.1 Å². The lowest BCUT2D eigenvalue weighted by atomic mass is 10.1. The van der Waals surface area contributed by atoms with Crippen molar-refractivity contribution in [2.75, 3.05) is 25.9 Å². The largest absolute Gasteiger partial charge is 0.396 e. The fourth-order valence-corrected chi connectivity index (χ4v) is 4.67. The number of hydrogen-bond donors (Lipinski definition) is 4. The molecule has 0 aliphatic carbocycles. The van der Waals surface area contributed by atoms with E-state index in [1.54, 1.807) is 41.1 Å². The normalized spacial score (nSPS) is 15.7. The van der Waals surface area contributed by atoms with Crippen LogP contribution in [0, 0.1) is 0 Å². The number of H-pyrrole nitrogens is 2. The van der Waals surface area contributed by atoms with Crippen LogP contribution in [-0.4, -0.2) is 68.9 Å². The van der Waals surface area contributed by atoms with Gasteiger partial charge >= 0.3 is 6.03 Å². The number of carbonyl (C=O) groups is 2. The Kier molecular flexibility index (Phi) is 5.87. The van der Waals surface area contributed by atoms with Gasteiger partial charge in [-0.3, -0.25) is 9.59 Å². The Bertz CT molecular complexity index is 1540. The van der Waals surface area contributed by atoms with E-state index in [2.05, 4.69) is 20.3 Å². The zero-order valence-corrected chi connectivity index (χ0v) is 20.5. The lowest BCUT2D eigenvalue weighted by Gasteiger charge is -2.26. The highest BCUT2D eigenvalue weighted by Gasteiger charge is 2.32. The minimum Gasteiger partial charge on any atom is -0.396 e. The van der Waals surface area contributed by atoms with Gasteiger partial charge in [-0.2, -0.15) is 0 Å². The number of fused-ring (bicyclic) bond motifs is 2. The molecule has 1 aliphatic rings. The van der Waals surface area contributed by atoms with E-state index in [0.29, 0.717) is 58.4 Å². The predicted molar refractivity (Wildman–Crippen MR) is 140 cm³/mol. The summed E-state index contributed by atoms with van der Waals surface area (Å²) >= 11 is 0. The third kappa shape index (κ3) is 4.15. The molecule has 5 N–H and O–H groups in total. The molecule has 1 saturated heterocycles. The molecule has 36 heavy (non-hydrogen) atoms. The van der Waals surface area contributed by atoms with Crippen molar-refractivity contribution >= 4 is 39.6 Å². The Morgan fingerprint density at radius 1 is 1.17 bits per heavy atom. The molecule has 0 saturated carbocycles. The van der Waals surface area contributed by atoms with Crippen LogP contribution in [0.2, 0.25) is 0 Å². The van der Waals surface area contributed by atoms with Crippen molar-refractivity contribution in [3.05, 3.63) is 58.4 Å². The van der Waals surface area contributed by atoms with Gasteiger partial charge in [0.15, 0.2) is 5.69 Å². The minimum atomic E-state index is -0.350. The summed E-state index contributed by atoms with van der Waals surface area (Å²) in [5.74, 6) is -0.124. The van der Waals surface area contributed by atoms with E-state index in [9.17, 15) is 14.4 Å². The van der Waals surface area contributed by atoms with Crippen molar-refractivity contribution in [3.8, 4) is 11.4 Å². The first-order valence-corrected chi connectivity index (χ1v) is 12.0. The molecule has 2 aromatic carbocycles. The first-order chi connectivity index (χ1) is 17.2. The average Bonchev–Trinajstić information content (AvgIpc) is 3.47. The van der Waals surface area contributed by atoms with E-state index in [1.165, 1.54) is 0 Å². The number of anilines is 1. The lowest BCUT2D eigenvalue weighted by molar-refractivity contribution is 0.0782. The van der Waals surface area contributed by atoms with E-state index >= 15 is 0 Å². The van der Waals surface area contributed by atoms with Crippen LogP contribution in [0.25, 0.3) is 33.3 Å². The number of nitrogens with zero attached hydrogens (tertiary/aromatic N) is 3. The third-order valence-corrected chi connectivity index (χ3v) is 6.65. The molecule has 0 bridgehead atoms. The number of carbonyl (C=O) groups excluding carboxylic acids is 2. The average molecular weight is 488 g/mol. The number of nitrogen functional groups attached to an aromatic ring is 1. The van der Waals surface area contributed by atoms with E-state index in [1.807, 2.05) is 32.0 Å². The highest BCUT2D eigenvalue weighted by molar-refractivity contribution is 6.04. The quantitative estimate of drug-likeness (QED) is 0.350. The van der Waals surface area contributed by atoms with E-state index < -0.39 is 0 Å². The van der Waals surface area contributed by atoms with Crippen molar-refractivity contribution in [2.24, 2.45) is 0 Å². The predicted octanol–water partition coefficient (Wildman–Crippen LogP) is 2.92. The number of aromatic amines is 2. The maximum absolute atomic E-state index is 13.3. The number of para-hydroxylation sites is 2. The maximum Gasteiger partial charge on any atom is 0.317 e. The summed E-state index contributed by atoms with van der Waals surface area (Å²) in [4.78, 5) is 52.3. The number of urea groups is 1. The second kappa shape index (κ2) is 9.03. The molecule has 3 amide bonds. The highest BCUT2D eigenvalue weighted by Crippen LogP contribution is 2.32. The highest BCUT2D eigenvalue weighted by atomic mass is 16.2. The number of nitrogens with two attached hydrogens (primary N) is 1. The van der Waals surface area contributed by atoms with Gasteiger partial charge in [-0.25, -0.2) is 9.78 Å². The van der Waals surface area contributed by atoms with E-state index in [4.69, 9.17) is 5.73 Å². The molecule has 1 atom stereocenters. The third-order valence-electron chi connectivity index (χ3n) is 6.65. The molecular formula is C26H29N7O3. The fraction of sp³-hybridized carbons (Fsp3) is 0.308. The number of likely N-dealkylation sites (tertiary alicyclic amines) is 1. The van der Waals surface area contributed by atoms with Gasteiger partial charge < -0.3 is 30.8 Å². The minimum absolute atomic E-state index is 0.0444. The zero-order valence-electron chi connectivity index (χ0n) is 20.5. The Hall–Kier alpha value is -4.34. The van der Waals surface area contributed by atoms with Crippen LogP contribution >= 0.6 is 0 Å². The second-order valence-corrected chi connectivity index (χ2v) is 9.51. The van der Waals surface area contributed by atoms with Gasteiger partial charge in [0.25, 0.3) is 11.5 Å². The van der Waals surface area contributed by atoms with Crippen LogP contribution in [0.1, 0.15) is 30.6 Å². The molecule has 0 spiro atoms. The van der Waals surface area contributed by atoms with Gasteiger partial charge in [-0.05, 0) is 50.6 Å². The standard InChI is InChI=1S/C26H29N7O3/c1-14(2)28-26(36)32(3)16-10-11-33(13-16)25(35)15-8-9-18-17(12-15)21(27)22(29-18)23-24(34)31-20-7-5-4-6-19(20)30-23/h4-9,12,14,16,29H,10-11,13,27H2,1-3H3,(H,28,36)(H,31,34). The van der Waals surface area contributed by atoms with E-state index in [0.717, 1.165) is 0 Å². The molecular weight excluding hydrogens is 458 g/mol. The smallest absolute Gasteiger partial charge is 0.317 e. The van der Waals surface area contributed by atoms with Crippen molar-refractivity contribution < 1.29 is 9.59 Å². The van der Waals surface area contributed by atoms with Gasteiger partial charge in [0, 0.05) is 42.6 Å². The summed E-state index contributed by atoms with van der Waals surface area (Å²) in [5, 5.41) is 3.54. The molecule has 0 radical (unpaired) electrons. The molecule has 186 valence electrons. The Morgan fingerprint density at radius 2 is 1.94 bits per heavy atom. The van der Waals surface area contributed by atoms with Crippen LogP contribution in [0.5, 0.6) is 0 Å². The van der Waals surface area contributed by atoms with Crippen LogP contribution in [0.15, 0.2) is 47.3 Å². The molecule has 2 aromatic heterocycles. The molecule has 4 aromatic rings. The zero-order chi connectivity index (χ0) is 25.6. The molecule has 10 heteroatoms. The molecule has 1 unspecified atom stereocenters. The number of benzene rings is 2. The van der Waals surface area contributed by atoms with Crippen LogP contribution < -0.4 is 16.6 Å². The number of hydrogen-bond acceptors (Lipinski definition) is 5. The lowest BCUT2D eigenvalue weighted by Crippen LogP contribution is -2.47. The first-order valence-electron chi connectivity index (χ1n) is 12.0. The number of nitrogens with one attached hydrogen (secondary N) is 3. The van der Waals surface area contributed by atoms with Crippen LogP contribution in [0.3, 0.4) is 0 Å². The van der Waals surface area contributed by atoms with E-state index in [-0.39, 0.29) is 35.3 Å². The summed E-state index contributed by atoms with van der Waals surface area (Å²) in [6.45, 7) is 4.85. The van der Waals surface area contributed by atoms with Crippen molar-refractivity contribution in [2.45, 2.75) is 32.4 Å². The maximum atomic E-state index is 13.3. The first kappa shape index (κ1) is 23.4. The number of aromatic nitrogens is 3. The summed E-state index contributed by atoms with van der Waals surface area (Å²) in [6, 6.07) is 12.4. The SMILES string of the molecule is CC(C)NC(=O)N(C)C1CCN(C(=O)c2ccc3[nH]c(-c4nc5ccccc5[nH]c4=O)c(N)c3c2)C1. The fourth-order valence-electron chi connectivity index (χ4n) is 4.67. The number of amides is 3. The van der Waals surface area contributed by atoms with Crippen molar-refractivity contribution in [1.29, 1.82) is 0 Å². The van der Waals surface area contributed by atoms with Crippen molar-refractivity contribution in [3.63, 3.8) is 0 Å². The monoisotopic (exact) mass is 487 g/mol. The summed E-state index contributed by atoms with van der Waals surface area (Å²) in [6.07, 6.45) is 0.711. The molecule has 1 fully saturated rings. The molecule has 1 aliphatic heterocycles. The van der Waals surface area contributed by atoms with Crippen molar-refractivity contribution in [1.82, 2.24) is 30.1 Å². The number of likely N-dealkylation sites (N-methyl/N-ethyl adjacent to an activating group) is 1. The molecule has 3 heterocycles. The van der Waals surface area contributed by atoms with Crippen LogP contribution in [-0.2, 0) is 0 Å². The Labute approximate surface area is 207 Å². The number of rotatable bonds is 4. The van der Waals surface area contributed by atoms with Gasteiger partial charge in [0.2, 0.25) is 0 Å². The van der Waals surface area contributed by atoms with Gasteiger partial charge in [-0.15, -0.1) is 0 Å². The van der Waals surface area contributed by atoms with Crippen LogP contribution in [0.4, 0.5) is 10.5 Å². The Morgan fingerprint density at radius 3 is 2.72 bits per heavy atom. The summed E-state index contributed by atoms with van der Waals surface area (Å²) in [5.41, 5.74) is 9.56. The summed E-state index contributed by atoms with van der Waals surface area (Å²) in [7, 11) is 1.76.